The Morgan fingerprint density at radius 3 is 2.45 bits per heavy atom. The zero-order chi connectivity index (χ0) is 21.4. The number of rotatable bonds is 4. The van der Waals surface area contributed by atoms with Crippen LogP contribution in [-0.2, 0) is 17.8 Å². The van der Waals surface area contributed by atoms with Crippen LogP contribution in [0.1, 0.15) is 47.1 Å². The van der Waals surface area contributed by atoms with Gasteiger partial charge in [-0.3, -0.25) is 4.79 Å². The third-order valence-corrected chi connectivity index (χ3v) is 6.48. The lowest BCUT2D eigenvalue weighted by molar-refractivity contribution is -0.119. The Kier molecular flexibility index (Phi) is 5.07. The summed E-state index contributed by atoms with van der Waals surface area (Å²) in [4.78, 5) is 15.4. The molecule has 0 bridgehead atoms. The predicted molar refractivity (Wildman–Crippen MR) is 129 cm³/mol. The van der Waals surface area contributed by atoms with Crippen LogP contribution in [-0.4, -0.2) is 5.91 Å². The summed E-state index contributed by atoms with van der Waals surface area (Å²) in [6.07, 6.45) is 1.52. The highest BCUT2D eigenvalue weighted by Gasteiger charge is 2.33. The molecule has 0 spiro atoms. The Bertz CT molecular complexity index is 1260. The molecule has 0 aliphatic carbocycles. The van der Waals surface area contributed by atoms with Crippen molar-refractivity contribution >= 4 is 22.4 Å². The molecule has 0 fully saturated rings. The van der Waals surface area contributed by atoms with Crippen molar-refractivity contribution in [1.29, 1.82) is 0 Å². The maximum absolute atomic E-state index is 13.4. The van der Waals surface area contributed by atoms with E-state index in [-0.39, 0.29) is 11.8 Å². The van der Waals surface area contributed by atoms with Crippen LogP contribution in [0.3, 0.4) is 0 Å². The van der Waals surface area contributed by atoms with Crippen LogP contribution < -0.4 is 4.90 Å². The van der Waals surface area contributed by atoms with E-state index in [2.05, 4.69) is 98.8 Å². The second-order valence-electron chi connectivity index (χ2n) is 8.54. The van der Waals surface area contributed by atoms with Crippen molar-refractivity contribution in [3.05, 3.63) is 113 Å². The van der Waals surface area contributed by atoms with Gasteiger partial charge in [-0.15, -0.1) is 0 Å². The van der Waals surface area contributed by atoms with Crippen molar-refractivity contribution in [3.63, 3.8) is 0 Å². The summed E-state index contributed by atoms with van der Waals surface area (Å²) in [6.45, 7) is 4.87. The Hall–Kier alpha value is -3.39. The first-order valence-electron chi connectivity index (χ1n) is 11.1. The van der Waals surface area contributed by atoms with Crippen molar-refractivity contribution < 1.29 is 4.79 Å². The number of nitrogens with zero attached hydrogens (tertiary/aromatic N) is 1. The van der Waals surface area contributed by atoms with Gasteiger partial charge in [0.25, 0.3) is 0 Å². The number of hydrogen-bond acceptors (Lipinski definition) is 1. The zero-order valence-electron chi connectivity index (χ0n) is 18.1. The molecule has 1 amide bonds. The molecule has 1 unspecified atom stereocenters. The molecule has 1 atom stereocenters. The van der Waals surface area contributed by atoms with E-state index in [0.717, 1.165) is 12.1 Å². The number of benzene rings is 4. The first-order valence-corrected chi connectivity index (χ1v) is 11.1. The molecule has 1 aliphatic heterocycles. The number of fused-ring (bicyclic) bond motifs is 3. The molecule has 154 valence electrons. The third kappa shape index (κ3) is 3.63. The highest BCUT2D eigenvalue weighted by Crippen LogP contribution is 2.44. The molecule has 0 aromatic heterocycles. The maximum atomic E-state index is 13.4. The molecular formula is C29H27NO. The number of carbonyl (C=O) groups excluding carboxylic acids is 1. The average Bonchev–Trinajstić information content (AvgIpc) is 2.80. The van der Waals surface area contributed by atoms with Crippen LogP contribution in [0.25, 0.3) is 10.8 Å². The van der Waals surface area contributed by atoms with Gasteiger partial charge in [-0.05, 0) is 52.4 Å². The number of carbonyl (C=O) groups is 1. The molecule has 0 radical (unpaired) electrons. The van der Waals surface area contributed by atoms with Gasteiger partial charge >= 0.3 is 0 Å². The first-order chi connectivity index (χ1) is 15.1. The van der Waals surface area contributed by atoms with Crippen molar-refractivity contribution in [2.24, 2.45) is 0 Å². The fourth-order valence-corrected chi connectivity index (χ4v) is 4.84. The molecule has 5 rings (SSSR count). The average molecular weight is 406 g/mol. The molecule has 31 heavy (non-hydrogen) atoms. The monoisotopic (exact) mass is 405 g/mol. The highest BCUT2D eigenvalue weighted by atomic mass is 16.2. The molecule has 2 heteroatoms. The van der Waals surface area contributed by atoms with Crippen LogP contribution in [0.15, 0.2) is 84.9 Å². The summed E-state index contributed by atoms with van der Waals surface area (Å²) < 4.78 is 0. The fraction of sp³-hybridized carbons (Fsp3) is 0.207. The SMILES string of the molecule is CCc1ccc(C2CC(=O)N(Cc3cccc(C)c3)c3ccc4ccccc4c32)cc1. The largest absolute Gasteiger partial charge is 0.308 e. The summed E-state index contributed by atoms with van der Waals surface area (Å²) in [6, 6.07) is 30.1. The summed E-state index contributed by atoms with van der Waals surface area (Å²) >= 11 is 0. The maximum Gasteiger partial charge on any atom is 0.228 e. The predicted octanol–water partition coefficient (Wildman–Crippen LogP) is 6.78. The van der Waals surface area contributed by atoms with E-state index >= 15 is 0 Å². The molecule has 0 saturated carbocycles. The lowest BCUT2D eigenvalue weighted by Gasteiger charge is -2.35. The van der Waals surface area contributed by atoms with Crippen molar-refractivity contribution in [2.75, 3.05) is 4.90 Å². The van der Waals surface area contributed by atoms with Gasteiger partial charge in [0.15, 0.2) is 0 Å². The molecule has 2 nitrogen and oxygen atoms in total. The summed E-state index contributed by atoms with van der Waals surface area (Å²) in [5, 5.41) is 2.47. The van der Waals surface area contributed by atoms with Crippen molar-refractivity contribution in [3.8, 4) is 0 Å². The van der Waals surface area contributed by atoms with Gasteiger partial charge in [0.1, 0.15) is 0 Å². The first kappa shape index (κ1) is 19.6. The van der Waals surface area contributed by atoms with Crippen LogP contribution >= 0.6 is 0 Å². The minimum atomic E-state index is 0.0771. The fourth-order valence-electron chi connectivity index (χ4n) is 4.84. The lowest BCUT2D eigenvalue weighted by atomic mass is 9.81. The standard InChI is InChI=1S/C29H27NO/c1-3-21-11-13-24(14-12-21)26-18-28(31)30(19-22-8-6-7-20(2)17-22)27-16-15-23-9-4-5-10-25(23)29(26)27/h4-17,26H,3,18-19H2,1-2H3. The van der Waals surface area contributed by atoms with E-state index in [4.69, 9.17) is 0 Å². The normalized spacial score (nSPS) is 15.9. The van der Waals surface area contributed by atoms with Gasteiger partial charge < -0.3 is 4.90 Å². The summed E-state index contributed by atoms with van der Waals surface area (Å²) in [5.74, 6) is 0.266. The zero-order valence-corrected chi connectivity index (χ0v) is 18.1. The van der Waals surface area contributed by atoms with E-state index in [1.165, 1.54) is 38.6 Å². The smallest absolute Gasteiger partial charge is 0.228 e. The quantitative estimate of drug-likeness (QED) is 0.366. The molecule has 1 aliphatic rings. The van der Waals surface area contributed by atoms with Crippen LogP contribution in [0, 0.1) is 6.92 Å². The molecule has 1 heterocycles. The summed E-state index contributed by atoms with van der Waals surface area (Å²) in [5.41, 5.74) is 7.24. The Labute approximate surface area is 184 Å². The highest BCUT2D eigenvalue weighted by molar-refractivity contribution is 6.03. The van der Waals surface area contributed by atoms with Gasteiger partial charge in [0.2, 0.25) is 5.91 Å². The van der Waals surface area contributed by atoms with E-state index in [1.54, 1.807) is 0 Å². The van der Waals surface area contributed by atoms with Crippen LogP contribution in [0.5, 0.6) is 0 Å². The van der Waals surface area contributed by atoms with Crippen LogP contribution in [0.2, 0.25) is 0 Å². The molecule has 0 saturated heterocycles. The second-order valence-corrected chi connectivity index (χ2v) is 8.54. The van der Waals surface area contributed by atoms with E-state index in [9.17, 15) is 4.79 Å². The molecule has 0 N–H and O–H groups in total. The molecule has 4 aromatic carbocycles. The van der Waals surface area contributed by atoms with E-state index in [1.807, 2.05) is 4.90 Å². The van der Waals surface area contributed by atoms with Gasteiger partial charge in [-0.25, -0.2) is 0 Å². The van der Waals surface area contributed by atoms with E-state index < -0.39 is 0 Å². The Morgan fingerprint density at radius 2 is 1.68 bits per heavy atom. The topological polar surface area (TPSA) is 20.3 Å². The lowest BCUT2D eigenvalue weighted by Crippen LogP contribution is -2.36. The van der Waals surface area contributed by atoms with Gasteiger partial charge in [-0.1, -0.05) is 91.3 Å². The minimum Gasteiger partial charge on any atom is -0.308 e. The number of anilines is 1. The number of hydrogen-bond donors (Lipinski definition) is 0. The van der Waals surface area contributed by atoms with Crippen molar-refractivity contribution in [2.45, 2.75) is 39.2 Å². The number of aryl methyl sites for hydroxylation is 2. The number of amides is 1. The minimum absolute atomic E-state index is 0.0771. The summed E-state index contributed by atoms with van der Waals surface area (Å²) in [7, 11) is 0. The van der Waals surface area contributed by atoms with Gasteiger partial charge in [0.05, 0.1) is 6.54 Å². The Morgan fingerprint density at radius 1 is 0.871 bits per heavy atom. The van der Waals surface area contributed by atoms with Crippen LogP contribution in [0.4, 0.5) is 5.69 Å². The second kappa shape index (κ2) is 8.03. The Balaban J connectivity index is 1.66. The molecule has 4 aromatic rings. The third-order valence-electron chi connectivity index (χ3n) is 6.48. The van der Waals surface area contributed by atoms with E-state index in [0.29, 0.717) is 13.0 Å². The van der Waals surface area contributed by atoms with Crippen molar-refractivity contribution in [1.82, 2.24) is 0 Å². The molecular weight excluding hydrogens is 378 g/mol. The van der Waals surface area contributed by atoms with Gasteiger partial charge in [0, 0.05) is 18.0 Å². The van der Waals surface area contributed by atoms with Gasteiger partial charge in [-0.2, -0.15) is 0 Å².